The Balaban J connectivity index is 1.72. The third kappa shape index (κ3) is 3.52. The lowest BCUT2D eigenvalue weighted by atomic mass is 9.86. The van der Waals surface area contributed by atoms with E-state index in [0.29, 0.717) is 16.3 Å². The van der Waals surface area contributed by atoms with Crippen LogP contribution >= 0.6 is 12.2 Å². The Kier molecular flexibility index (Phi) is 4.89. The highest BCUT2D eigenvalue weighted by molar-refractivity contribution is 7.82. The molecule has 0 N–H and O–H groups in total. The highest BCUT2D eigenvalue weighted by Gasteiger charge is 2.50. The van der Waals surface area contributed by atoms with E-state index >= 15 is 0 Å². The Hall–Kier alpha value is -2.40. The normalized spacial score (nSPS) is 18.4. The number of hydrogen-bond acceptors (Lipinski definition) is 3. The third-order valence-corrected chi connectivity index (χ3v) is 6.22. The van der Waals surface area contributed by atoms with Crippen molar-refractivity contribution in [2.45, 2.75) is 57.5 Å². The van der Waals surface area contributed by atoms with Crippen LogP contribution in [0.1, 0.15) is 67.9 Å². The highest BCUT2D eigenvalue weighted by Crippen LogP contribution is 2.42. The number of aliphatic imine (C=N–C) groups is 1. The third-order valence-electron chi connectivity index (χ3n) is 5.85. The molecule has 3 nitrogen and oxygen atoms in total. The van der Waals surface area contributed by atoms with Crippen LogP contribution in [-0.2, 0) is 5.41 Å². The molecule has 0 atom stereocenters. The number of hydrogen-bond donors (Lipinski definition) is 0. The number of halogens is 1. The van der Waals surface area contributed by atoms with Crippen molar-refractivity contribution < 1.29 is 9.18 Å². The first-order chi connectivity index (χ1) is 13.7. The van der Waals surface area contributed by atoms with Gasteiger partial charge in [0.05, 0.1) is 0 Å². The molecule has 2 aliphatic rings. The number of amides is 1. The lowest BCUT2D eigenvalue weighted by Gasteiger charge is -2.32. The van der Waals surface area contributed by atoms with Crippen LogP contribution < -0.4 is 0 Å². The van der Waals surface area contributed by atoms with E-state index in [1.54, 1.807) is 17.0 Å². The summed E-state index contributed by atoms with van der Waals surface area (Å²) in [6.45, 7) is 6.52. The van der Waals surface area contributed by atoms with Crippen molar-refractivity contribution in [1.82, 2.24) is 4.90 Å². The van der Waals surface area contributed by atoms with Crippen molar-refractivity contribution in [3.63, 3.8) is 0 Å². The van der Waals surface area contributed by atoms with Crippen LogP contribution in [0.5, 0.6) is 0 Å². The number of nitrogens with zero attached hydrogens (tertiary/aromatic N) is 2. The largest absolute Gasteiger partial charge is 0.271 e. The van der Waals surface area contributed by atoms with Gasteiger partial charge >= 0.3 is 0 Å². The zero-order valence-electron chi connectivity index (χ0n) is 17.0. The summed E-state index contributed by atoms with van der Waals surface area (Å²) in [5.41, 5.74) is 2.56. The average molecular weight is 409 g/mol. The van der Waals surface area contributed by atoms with Gasteiger partial charge in [0.25, 0.3) is 5.91 Å². The first-order valence-corrected chi connectivity index (χ1v) is 10.5. The highest BCUT2D eigenvalue weighted by atomic mass is 32.1. The first kappa shape index (κ1) is 19.9. The van der Waals surface area contributed by atoms with Crippen LogP contribution in [0, 0.1) is 5.82 Å². The molecular formula is C24H25FN2OS. The zero-order chi connectivity index (χ0) is 20.8. The lowest BCUT2D eigenvalue weighted by molar-refractivity contribution is 0.0724. The minimum absolute atomic E-state index is 0.0581. The first-order valence-electron chi connectivity index (χ1n) is 10.1. The molecule has 2 aromatic rings. The molecule has 0 bridgehead atoms. The monoisotopic (exact) mass is 408 g/mol. The summed E-state index contributed by atoms with van der Waals surface area (Å²) in [6.07, 6.45) is 3.54. The Morgan fingerprint density at radius 3 is 2.34 bits per heavy atom. The van der Waals surface area contributed by atoms with Crippen LogP contribution in [0.4, 0.5) is 4.39 Å². The van der Waals surface area contributed by atoms with Gasteiger partial charge in [0.1, 0.15) is 22.2 Å². The van der Waals surface area contributed by atoms with Crippen molar-refractivity contribution in [2.75, 3.05) is 0 Å². The molecule has 29 heavy (non-hydrogen) atoms. The molecule has 0 unspecified atom stereocenters. The molecule has 0 aromatic heterocycles. The zero-order valence-corrected chi connectivity index (χ0v) is 17.9. The summed E-state index contributed by atoms with van der Waals surface area (Å²) < 4.78 is 13.7. The Morgan fingerprint density at radius 1 is 1.10 bits per heavy atom. The second kappa shape index (κ2) is 7.13. The van der Waals surface area contributed by atoms with Gasteiger partial charge < -0.3 is 0 Å². The van der Waals surface area contributed by atoms with Crippen molar-refractivity contribution in [3.8, 4) is 0 Å². The molecule has 1 aliphatic carbocycles. The fourth-order valence-corrected chi connectivity index (χ4v) is 4.64. The van der Waals surface area contributed by atoms with Crippen molar-refractivity contribution in [3.05, 3.63) is 71.0 Å². The standard InChI is InChI=1S/C24H25FN2OS/c1-23(2,3)18-11-9-16(10-12-18)20-22(29)27(24(26-20)13-4-5-14-24)21(28)17-7-6-8-19(25)15-17/h6-12,15H,4-5,13-14H2,1-3H3. The van der Waals surface area contributed by atoms with Crippen LogP contribution in [0.3, 0.4) is 0 Å². The molecule has 1 aliphatic heterocycles. The summed E-state index contributed by atoms with van der Waals surface area (Å²) in [7, 11) is 0. The Morgan fingerprint density at radius 2 is 1.76 bits per heavy atom. The summed E-state index contributed by atoms with van der Waals surface area (Å²) in [6, 6.07) is 14.0. The predicted octanol–water partition coefficient (Wildman–Crippen LogP) is 5.67. The van der Waals surface area contributed by atoms with Crippen molar-refractivity contribution in [2.24, 2.45) is 4.99 Å². The quantitative estimate of drug-likeness (QED) is 0.600. The van der Waals surface area contributed by atoms with Crippen LogP contribution in [0.15, 0.2) is 53.5 Å². The average Bonchev–Trinajstić information content (AvgIpc) is 3.25. The fourth-order valence-electron chi connectivity index (χ4n) is 4.23. The van der Waals surface area contributed by atoms with E-state index in [-0.39, 0.29) is 11.3 Å². The van der Waals surface area contributed by atoms with E-state index in [4.69, 9.17) is 17.2 Å². The molecule has 1 fully saturated rings. The van der Waals surface area contributed by atoms with E-state index in [9.17, 15) is 9.18 Å². The van der Waals surface area contributed by atoms with Gasteiger partial charge in [-0.1, -0.05) is 63.3 Å². The summed E-state index contributed by atoms with van der Waals surface area (Å²) in [4.78, 5) is 20.4. The molecule has 0 saturated heterocycles. The fraction of sp³-hybridized carbons (Fsp3) is 0.375. The molecule has 1 amide bonds. The van der Waals surface area contributed by atoms with E-state index in [2.05, 4.69) is 32.9 Å². The topological polar surface area (TPSA) is 32.7 Å². The molecule has 4 rings (SSSR count). The summed E-state index contributed by atoms with van der Waals surface area (Å²) >= 11 is 5.75. The summed E-state index contributed by atoms with van der Waals surface area (Å²) in [5.74, 6) is -0.707. The van der Waals surface area contributed by atoms with E-state index in [0.717, 1.165) is 31.2 Å². The van der Waals surface area contributed by atoms with Crippen molar-refractivity contribution >= 4 is 28.8 Å². The minimum atomic E-state index is -0.640. The van der Waals surface area contributed by atoms with Gasteiger partial charge in [0, 0.05) is 11.1 Å². The van der Waals surface area contributed by atoms with Gasteiger partial charge in [0.15, 0.2) is 0 Å². The second-order valence-corrected chi connectivity index (χ2v) is 9.32. The van der Waals surface area contributed by atoms with Crippen LogP contribution in [-0.4, -0.2) is 27.2 Å². The van der Waals surface area contributed by atoms with E-state index < -0.39 is 11.5 Å². The SMILES string of the molecule is CC(C)(C)c1ccc(C2=NC3(CCCC3)N(C(=O)c3cccc(F)c3)C2=S)cc1. The molecule has 1 spiro atoms. The Bertz CT molecular complexity index is 998. The number of carbonyl (C=O) groups excluding carboxylic acids is 1. The number of rotatable bonds is 2. The Labute approximate surface area is 176 Å². The van der Waals surface area contributed by atoms with Crippen LogP contribution in [0.2, 0.25) is 0 Å². The van der Waals surface area contributed by atoms with Gasteiger partial charge in [-0.25, -0.2) is 4.39 Å². The second-order valence-electron chi connectivity index (χ2n) is 8.93. The molecule has 2 aromatic carbocycles. The molecule has 0 radical (unpaired) electrons. The molecular weight excluding hydrogens is 383 g/mol. The van der Waals surface area contributed by atoms with Gasteiger partial charge in [0.2, 0.25) is 0 Å². The number of thiocarbonyl (C=S) groups is 1. The smallest absolute Gasteiger partial charge is 0.261 e. The van der Waals surface area contributed by atoms with E-state index in [1.165, 1.54) is 17.7 Å². The number of benzene rings is 2. The maximum absolute atomic E-state index is 13.7. The van der Waals surface area contributed by atoms with Crippen LogP contribution in [0.25, 0.3) is 0 Å². The number of carbonyl (C=O) groups is 1. The van der Waals surface area contributed by atoms with Crippen molar-refractivity contribution in [1.29, 1.82) is 0 Å². The van der Waals surface area contributed by atoms with Gasteiger partial charge in [-0.05, 0) is 54.9 Å². The van der Waals surface area contributed by atoms with E-state index in [1.807, 2.05) is 12.1 Å². The van der Waals surface area contributed by atoms with Gasteiger partial charge in [-0.15, -0.1) is 0 Å². The molecule has 150 valence electrons. The maximum Gasteiger partial charge on any atom is 0.261 e. The maximum atomic E-state index is 13.7. The van der Waals surface area contributed by atoms with Gasteiger partial charge in [-0.3, -0.25) is 14.7 Å². The predicted molar refractivity (Wildman–Crippen MR) is 118 cm³/mol. The minimum Gasteiger partial charge on any atom is -0.271 e. The lowest BCUT2D eigenvalue weighted by Crippen LogP contribution is -2.48. The summed E-state index contributed by atoms with van der Waals surface area (Å²) in [5, 5.41) is 0. The van der Waals surface area contributed by atoms with Gasteiger partial charge in [-0.2, -0.15) is 0 Å². The molecule has 5 heteroatoms. The molecule has 1 saturated carbocycles. The molecule has 1 heterocycles.